The summed E-state index contributed by atoms with van der Waals surface area (Å²) >= 11 is 0. The second kappa shape index (κ2) is 3.30. The van der Waals surface area contributed by atoms with E-state index >= 15 is 0 Å². The number of hydrogen-bond donors (Lipinski definition) is 2. The summed E-state index contributed by atoms with van der Waals surface area (Å²) < 4.78 is 25.7. The number of amides is 2. The molecule has 0 bridgehead atoms. The number of hydrogen-bond acceptors (Lipinski definition) is 2. The van der Waals surface area contributed by atoms with Crippen LogP contribution in [0.3, 0.4) is 0 Å². The van der Waals surface area contributed by atoms with Gasteiger partial charge in [0.15, 0.2) is 11.6 Å². The van der Waals surface area contributed by atoms with E-state index in [9.17, 15) is 18.4 Å². The van der Waals surface area contributed by atoms with Crippen LogP contribution >= 0.6 is 0 Å². The molecule has 0 saturated heterocycles. The van der Waals surface area contributed by atoms with E-state index in [1.54, 1.807) is 0 Å². The van der Waals surface area contributed by atoms with Gasteiger partial charge in [-0.2, -0.15) is 0 Å². The number of rotatable bonds is 0. The van der Waals surface area contributed by atoms with Crippen molar-refractivity contribution in [2.75, 3.05) is 11.9 Å². The van der Waals surface area contributed by atoms with Crippen molar-refractivity contribution in [2.24, 2.45) is 0 Å². The highest BCUT2D eigenvalue weighted by Crippen LogP contribution is 2.21. The maximum Gasteiger partial charge on any atom is 0.253 e. The van der Waals surface area contributed by atoms with Crippen molar-refractivity contribution < 1.29 is 18.4 Å². The highest BCUT2D eigenvalue weighted by atomic mass is 19.2. The molecule has 2 rings (SSSR count). The van der Waals surface area contributed by atoms with E-state index in [-0.39, 0.29) is 17.8 Å². The molecular formula is C9H6F2N2O2. The summed E-state index contributed by atoms with van der Waals surface area (Å²) in [6, 6.07) is 1.54. The third-order valence-corrected chi connectivity index (χ3v) is 1.99. The Morgan fingerprint density at radius 1 is 1.13 bits per heavy atom. The largest absolute Gasteiger partial charge is 0.343 e. The Bertz CT molecular complexity index is 460. The predicted octanol–water partition coefficient (Wildman–Crippen LogP) is 0.647. The molecule has 2 amide bonds. The minimum Gasteiger partial charge on any atom is -0.343 e. The van der Waals surface area contributed by atoms with Gasteiger partial charge in [0.1, 0.15) is 0 Å². The van der Waals surface area contributed by atoms with Gasteiger partial charge in [-0.25, -0.2) is 8.78 Å². The number of anilines is 1. The molecule has 1 heterocycles. The Morgan fingerprint density at radius 3 is 2.53 bits per heavy atom. The second-order valence-electron chi connectivity index (χ2n) is 3.04. The van der Waals surface area contributed by atoms with E-state index in [1.165, 1.54) is 0 Å². The number of nitrogens with one attached hydrogen (secondary N) is 2. The first-order chi connectivity index (χ1) is 7.08. The van der Waals surface area contributed by atoms with Crippen LogP contribution in [0.1, 0.15) is 10.4 Å². The first-order valence-corrected chi connectivity index (χ1v) is 4.15. The third kappa shape index (κ3) is 1.65. The first-order valence-electron chi connectivity index (χ1n) is 4.15. The maximum absolute atomic E-state index is 12.8. The molecule has 1 aromatic rings. The smallest absolute Gasteiger partial charge is 0.253 e. The van der Waals surface area contributed by atoms with Crippen LogP contribution in [-0.4, -0.2) is 18.4 Å². The van der Waals surface area contributed by atoms with Gasteiger partial charge in [-0.3, -0.25) is 9.59 Å². The minimum atomic E-state index is -1.12. The van der Waals surface area contributed by atoms with Gasteiger partial charge >= 0.3 is 0 Å². The van der Waals surface area contributed by atoms with E-state index in [1.807, 2.05) is 0 Å². The molecule has 0 aromatic heterocycles. The molecule has 0 fully saturated rings. The quantitative estimate of drug-likeness (QED) is 0.663. The Balaban J connectivity index is 2.57. The van der Waals surface area contributed by atoms with Crippen molar-refractivity contribution in [3.63, 3.8) is 0 Å². The monoisotopic (exact) mass is 212 g/mol. The molecule has 0 atom stereocenters. The van der Waals surface area contributed by atoms with Crippen LogP contribution in [0.2, 0.25) is 0 Å². The minimum absolute atomic E-state index is 0.0195. The first kappa shape index (κ1) is 9.57. The van der Waals surface area contributed by atoms with Gasteiger partial charge < -0.3 is 10.6 Å². The number of fused-ring (bicyclic) bond motifs is 1. The van der Waals surface area contributed by atoms with Gasteiger partial charge in [-0.1, -0.05) is 0 Å². The average molecular weight is 212 g/mol. The van der Waals surface area contributed by atoms with E-state index < -0.39 is 23.4 Å². The predicted molar refractivity (Wildman–Crippen MR) is 47.3 cm³/mol. The molecule has 0 radical (unpaired) electrons. The van der Waals surface area contributed by atoms with Gasteiger partial charge in [0.25, 0.3) is 5.91 Å². The van der Waals surface area contributed by atoms with E-state index in [0.717, 1.165) is 12.1 Å². The summed E-state index contributed by atoms with van der Waals surface area (Å²) in [6.07, 6.45) is 0. The molecule has 15 heavy (non-hydrogen) atoms. The van der Waals surface area contributed by atoms with E-state index in [0.29, 0.717) is 0 Å². The molecular weight excluding hydrogens is 206 g/mol. The Kier molecular flexibility index (Phi) is 2.11. The summed E-state index contributed by atoms with van der Waals surface area (Å²) in [5.41, 5.74) is -0.103. The summed E-state index contributed by atoms with van der Waals surface area (Å²) in [7, 11) is 0. The lowest BCUT2D eigenvalue weighted by Crippen LogP contribution is -2.28. The Morgan fingerprint density at radius 2 is 1.80 bits per heavy atom. The molecule has 2 N–H and O–H groups in total. The molecule has 1 aromatic carbocycles. The summed E-state index contributed by atoms with van der Waals surface area (Å²) in [5.74, 6) is -3.32. The van der Waals surface area contributed by atoms with Gasteiger partial charge in [0, 0.05) is 6.07 Å². The fraction of sp³-hybridized carbons (Fsp3) is 0.111. The molecule has 78 valence electrons. The van der Waals surface area contributed by atoms with Crippen LogP contribution in [0.15, 0.2) is 12.1 Å². The fourth-order valence-corrected chi connectivity index (χ4v) is 1.29. The Labute approximate surface area is 83.3 Å². The van der Waals surface area contributed by atoms with E-state index in [4.69, 9.17) is 0 Å². The zero-order chi connectivity index (χ0) is 11.0. The zero-order valence-electron chi connectivity index (χ0n) is 7.43. The summed E-state index contributed by atoms with van der Waals surface area (Å²) in [5, 5.41) is 4.55. The number of benzene rings is 1. The van der Waals surface area contributed by atoms with Crippen LogP contribution in [0.25, 0.3) is 0 Å². The number of carbonyl (C=O) groups is 2. The average Bonchev–Trinajstić information content (AvgIpc) is 2.30. The number of carbonyl (C=O) groups excluding carboxylic acids is 2. The lowest BCUT2D eigenvalue weighted by molar-refractivity contribution is -0.115. The standard InChI is InChI=1S/C9H6F2N2O2/c10-5-1-4-7(2-6(5)11)13-8(14)3-12-9(4)15/h1-2H,3H2,(H,12,15)(H,13,14). The highest BCUT2D eigenvalue weighted by molar-refractivity contribution is 6.08. The summed E-state index contributed by atoms with van der Waals surface area (Å²) in [6.45, 7) is -0.212. The van der Waals surface area contributed by atoms with Crippen LogP contribution < -0.4 is 10.6 Å². The normalized spacial score (nSPS) is 15.1. The van der Waals surface area contributed by atoms with Crippen LogP contribution in [0.4, 0.5) is 14.5 Å². The van der Waals surface area contributed by atoms with Gasteiger partial charge in [-0.05, 0) is 6.07 Å². The van der Waals surface area contributed by atoms with Crippen LogP contribution in [0, 0.1) is 11.6 Å². The third-order valence-electron chi connectivity index (χ3n) is 1.99. The van der Waals surface area contributed by atoms with Crippen molar-refractivity contribution in [1.29, 1.82) is 0 Å². The SMILES string of the molecule is O=C1CNC(=O)c2cc(F)c(F)cc2N1. The lowest BCUT2D eigenvalue weighted by Gasteiger charge is -2.05. The lowest BCUT2D eigenvalue weighted by atomic mass is 10.1. The Hall–Kier alpha value is -1.98. The summed E-state index contributed by atoms with van der Waals surface area (Å²) in [4.78, 5) is 22.4. The molecule has 6 heteroatoms. The van der Waals surface area contributed by atoms with E-state index in [2.05, 4.69) is 10.6 Å². The molecule has 0 spiro atoms. The molecule has 0 unspecified atom stereocenters. The highest BCUT2D eigenvalue weighted by Gasteiger charge is 2.21. The molecule has 1 aliphatic heterocycles. The van der Waals surface area contributed by atoms with Crippen LogP contribution in [-0.2, 0) is 4.79 Å². The molecule has 1 aliphatic rings. The maximum atomic E-state index is 12.8. The second-order valence-corrected chi connectivity index (χ2v) is 3.04. The van der Waals surface area contributed by atoms with Crippen molar-refractivity contribution in [3.05, 3.63) is 29.3 Å². The van der Waals surface area contributed by atoms with Gasteiger partial charge in [0.05, 0.1) is 17.8 Å². The molecule has 4 nitrogen and oxygen atoms in total. The van der Waals surface area contributed by atoms with Crippen molar-refractivity contribution >= 4 is 17.5 Å². The molecule has 0 aliphatic carbocycles. The topological polar surface area (TPSA) is 58.2 Å². The van der Waals surface area contributed by atoms with Crippen molar-refractivity contribution in [2.45, 2.75) is 0 Å². The zero-order valence-corrected chi connectivity index (χ0v) is 7.43. The van der Waals surface area contributed by atoms with Crippen molar-refractivity contribution in [1.82, 2.24) is 5.32 Å². The molecule has 0 saturated carbocycles. The van der Waals surface area contributed by atoms with Gasteiger partial charge in [-0.15, -0.1) is 0 Å². The van der Waals surface area contributed by atoms with Gasteiger partial charge in [0.2, 0.25) is 5.91 Å². The van der Waals surface area contributed by atoms with Crippen LogP contribution in [0.5, 0.6) is 0 Å². The fourth-order valence-electron chi connectivity index (χ4n) is 1.29. The van der Waals surface area contributed by atoms with Crippen molar-refractivity contribution in [3.8, 4) is 0 Å². The number of halogens is 2.